The van der Waals surface area contributed by atoms with Crippen LogP contribution in [0.4, 0.5) is 17.6 Å². The van der Waals surface area contributed by atoms with E-state index in [-0.39, 0.29) is 30.3 Å². The van der Waals surface area contributed by atoms with Crippen LogP contribution in [-0.4, -0.2) is 10.5 Å². The predicted octanol–water partition coefficient (Wildman–Crippen LogP) is 5.82. The Morgan fingerprint density at radius 2 is 1.54 bits per heavy atom. The average molecular weight is 483 g/mol. The monoisotopic (exact) mass is 483 g/mol. The quantitative estimate of drug-likeness (QED) is 0.326. The summed E-state index contributed by atoms with van der Waals surface area (Å²) in [6.07, 6.45) is -3.21. The molecule has 1 amide bonds. The number of hydrogen-bond donors (Lipinski definition) is 2. The van der Waals surface area contributed by atoms with Crippen molar-refractivity contribution in [1.82, 2.24) is 9.88 Å². The first-order chi connectivity index (χ1) is 16.7. The van der Waals surface area contributed by atoms with Crippen LogP contribution < -0.4 is 15.8 Å². The molecular weight excluding hydrogens is 462 g/mol. The summed E-state index contributed by atoms with van der Waals surface area (Å²) in [6, 6.07) is 19.2. The molecule has 0 radical (unpaired) electrons. The molecule has 1 aromatic heterocycles. The fourth-order valence-corrected chi connectivity index (χ4v) is 3.51. The van der Waals surface area contributed by atoms with Gasteiger partial charge in [-0.25, -0.2) is 4.39 Å². The summed E-state index contributed by atoms with van der Waals surface area (Å²) < 4.78 is 60.8. The molecule has 5 nitrogen and oxygen atoms in total. The zero-order valence-electron chi connectivity index (χ0n) is 18.4. The molecule has 1 heterocycles. The van der Waals surface area contributed by atoms with Crippen LogP contribution in [0.1, 0.15) is 27.2 Å². The molecule has 180 valence electrons. The number of alkyl halides is 3. The van der Waals surface area contributed by atoms with Gasteiger partial charge in [-0.15, -0.1) is 0 Å². The maximum Gasteiger partial charge on any atom is 0.418 e. The maximum atomic E-state index is 13.7. The first-order valence-corrected chi connectivity index (χ1v) is 10.6. The van der Waals surface area contributed by atoms with E-state index in [1.807, 2.05) is 0 Å². The van der Waals surface area contributed by atoms with Crippen molar-refractivity contribution in [2.75, 3.05) is 0 Å². The number of ether oxygens (including phenoxy) is 1. The molecule has 0 unspecified atom stereocenters. The molecule has 4 rings (SSSR count). The van der Waals surface area contributed by atoms with E-state index >= 15 is 0 Å². The van der Waals surface area contributed by atoms with Crippen LogP contribution in [0.15, 0.2) is 85.1 Å². The Bertz CT molecular complexity index is 1310. The van der Waals surface area contributed by atoms with Crippen molar-refractivity contribution in [3.05, 3.63) is 113 Å². The Labute approximate surface area is 198 Å². The van der Waals surface area contributed by atoms with Gasteiger partial charge in [0.25, 0.3) is 5.91 Å². The lowest BCUT2D eigenvalue weighted by Crippen LogP contribution is -2.25. The van der Waals surface area contributed by atoms with Crippen LogP contribution in [0.25, 0.3) is 5.69 Å². The first kappa shape index (κ1) is 24.0. The topological polar surface area (TPSA) is 69.3 Å². The normalized spacial score (nSPS) is 11.3. The number of nitrogens with zero attached hydrogens (tertiary/aromatic N) is 1. The Kier molecular flexibility index (Phi) is 6.88. The Balaban J connectivity index is 1.46. The Hall–Kier alpha value is -4.11. The van der Waals surface area contributed by atoms with Crippen molar-refractivity contribution in [1.29, 1.82) is 0 Å². The molecule has 0 spiro atoms. The number of nitrogens with two attached hydrogens (primary N) is 1. The minimum atomic E-state index is -4.61. The lowest BCUT2D eigenvalue weighted by Gasteiger charge is -2.17. The van der Waals surface area contributed by atoms with Gasteiger partial charge in [0.05, 0.1) is 11.3 Å². The zero-order valence-corrected chi connectivity index (χ0v) is 18.4. The van der Waals surface area contributed by atoms with Gasteiger partial charge in [0, 0.05) is 19.3 Å². The van der Waals surface area contributed by atoms with E-state index in [1.54, 1.807) is 24.3 Å². The standard InChI is InChI=1S/C26H21F4N3O2/c27-19-6-10-21(11-7-19)35-20-8-3-17(4-9-20)16-32-25(34)24-2-1-13-33(24)23-12-5-18(15-31)14-22(23)26(28,29)30/h1-14H,15-16,31H2,(H,32,34). The number of halogens is 4. The predicted molar refractivity (Wildman–Crippen MR) is 123 cm³/mol. The number of rotatable bonds is 7. The number of aromatic nitrogens is 1. The Morgan fingerprint density at radius 1 is 0.914 bits per heavy atom. The highest BCUT2D eigenvalue weighted by molar-refractivity contribution is 5.93. The van der Waals surface area contributed by atoms with Crippen molar-refractivity contribution in [2.45, 2.75) is 19.3 Å². The van der Waals surface area contributed by atoms with Crippen LogP contribution in [-0.2, 0) is 19.3 Å². The van der Waals surface area contributed by atoms with E-state index in [4.69, 9.17) is 10.5 Å². The molecule has 3 aromatic carbocycles. The molecule has 0 saturated heterocycles. The lowest BCUT2D eigenvalue weighted by molar-refractivity contribution is -0.137. The van der Waals surface area contributed by atoms with Crippen LogP contribution in [0.2, 0.25) is 0 Å². The van der Waals surface area contributed by atoms with Gasteiger partial charge in [-0.3, -0.25) is 4.79 Å². The molecule has 0 aliphatic rings. The lowest BCUT2D eigenvalue weighted by atomic mass is 10.1. The molecule has 0 saturated carbocycles. The second kappa shape index (κ2) is 10.0. The van der Waals surface area contributed by atoms with Gasteiger partial charge in [0.1, 0.15) is 23.0 Å². The third-order valence-electron chi connectivity index (χ3n) is 5.27. The summed E-state index contributed by atoms with van der Waals surface area (Å²) in [5.41, 5.74) is 5.62. The smallest absolute Gasteiger partial charge is 0.418 e. The van der Waals surface area contributed by atoms with Gasteiger partial charge in [-0.2, -0.15) is 13.2 Å². The third-order valence-corrected chi connectivity index (χ3v) is 5.27. The summed E-state index contributed by atoms with van der Waals surface area (Å²) in [5.74, 6) is 0.113. The molecule has 35 heavy (non-hydrogen) atoms. The first-order valence-electron chi connectivity index (χ1n) is 10.6. The van der Waals surface area contributed by atoms with E-state index in [0.717, 1.165) is 11.6 Å². The molecule has 0 aliphatic heterocycles. The number of nitrogens with one attached hydrogen (secondary N) is 1. The van der Waals surface area contributed by atoms with Crippen molar-refractivity contribution in [2.24, 2.45) is 5.73 Å². The fourth-order valence-electron chi connectivity index (χ4n) is 3.51. The zero-order chi connectivity index (χ0) is 25.0. The molecule has 0 atom stereocenters. The van der Waals surface area contributed by atoms with E-state index in [0.29, 0.717) is 17.1 Å². The van der Waals surface area contributed by atoms with Gasteiger partial charge in [-0.1, -0.05) is 18.2 Å². The van der Waals surface area contributed by atoms with Gasteiger partial charge < -0.3 is 20.4 Å². The van der Waals surface area contributed by atoms with Crippen molar-refractivity contribution < 1.29 is 27.1 Å². The van der Waals surface area contributed by atoms with Crippen molar-refractivity contribution >= 4 is 5.91 Å². The molecule has 9 heteroatoms. The van der Waals surface area contributed by atoms with Crippen molar-refractivity contribution in [3.63, 3.8) is 0 Å². The Morgan fingerprint density at radius 3 is 2.17 bits per heavy atom. The molecule has 3 N–H and O–H groups in total. The van der Waals surface area contributed by atoms with Crippen molar-refractivity contribution in [3.8, 4) is 17.2 Å². The van der Waals surface area contributed by atoms with Gasteiger partial charge in [0.2, 0.25) is 0 Å². The average Bonchev–Trinajstić information content (AvgIpc) is 3.34. The number of amides is 1. The summed E-state index contributed by atoms with van der Waals surface area (Å²) in [7, 11) is 0. The van der Waals surface area contributed by atoms with E-state index < -0.39 is 17.6 Å². The fraction of sp³-hybridized carbons (Fsp3) is 0.115. The SMILES string of the molecule is NCc1ccc(-n2cccc2C(=O)NCc2ccc(Oc3ccc(F)cc3)cc2)c(C(F)(F)F)c1. The summed E-state index contributed by atoms with van der Waals surface area (Å²) in [4.78, 5) is 12.8. The highest BCUT2D eigenvalue weighted by atomic mass is 19.4. The number of hydrogen-bond acceptors (Lipinski definition) is 3. The van der Waals surface area contributed by atoms with E-state index in [2.05, 4.69) is 5.32 Å². The van der Waals surface area contributed by atoms with Gasteiger partial charge in [-0.05, 0) is 71.8 Å². The number of carbonyl (C=O) groups is 1. The van der Waals surface area contributed by atoms with Gasteiger partial charge in [0.15, 0.2) is 0 Å². The number of carbonyl (C=O) groups excluding carboxylic acids is 1. The minimum Gasteiger partial charge on any atom is -0.457 e. The summed E-state index contributed by atoms with van der Waals surface area (Å²) in [5, 5.41) is 2.72. The molecule has 0 aliphatic carbocycles. The van der Waals surface area contributed by atoms with Crippen LogP contribution >= 0.6 is 0 Å². The van der Waals surface area contributed by atoms with Crippen LogP contribution in [0.5, 0.6) is 11.5 Å². The largest absolute Gasteiger partial charge is 0.457 e. The molecule has 0 fully saturated rings. The van der Waals surface area contributed by atoms with Crippen LogP contribution in [0.3, 0.4) is 0 Å². The third kappa shape index (κ3) is 5.70. The molecular formula is C26H21F4N3O2. The van der Waals surface area contributed by atoms with E-state index in [9.17, 15) is 22.4 Å². The highest BCUT2D eigenvalue weighted by Crippen LogP contribution is 2.35. The van der Waals surface area contributed by atoms with E-state index in [1.165, 1.54) is 59.3 Å². The minimum absolute atomic E-state index is 0.0316. The number of benzene rings is 3. The van der Waals surface area contributed by atoms with Crippen LogP contribution in [0, 0.1) is 5.82 Å². The second-order valence-corrected chi connectivity index (χ2v) is 7.70. The summed E-state index contributed by atoms with van der Waals surface area (Å²) >= 11 is 0. The second-order valence-electron chi connectivity index (χ2n) is 7.70. The highest BCUT2D eigenvalue weighted by Gasteiger charge is 2.34. The maximum absolute atomic E-state index is 13.7. The van der Waals surface area contributed by atoms with Gasteiger partial charge >= 0.3 is 6.18 Å². The molecule has 0 bridgehead atoms. The molecule has 4 aromatic rings. The summed E-state index contributed by atoms with van der Waals surface area (Å²) in [6.45, 7) is 0.120.